The molecule has 1 amide bonds. The Morgan fingerprint density at radius 3 is 2.62 bits per heavy atom. The molecule has 1 aromatic carbocycles. The van der Waals surface area contributed by atoms with E-state index < -0.39 is 10.0 Å². The summed E-state index contributed by atoms with van der Waals surface area (Å²) in [5.74, 6) is 0.0728. The number of sulfonamides is 1. The summed E-state index contributed by atoms with van der Waals surface area (Å²) in [5, 5.41) is 17.3. The Kier molecular flexibility index (Phi) is 5.80. The van der Waals surface area contributed by atoms with Crippen LogP contribution in [0.15, 0.2) is 23.1 Å². The Morgan fingerprint density at radius 1 is 1.42 bits per heavy atom. The van der Waals surface area contributed by atoms with Crippen molar-refractivity contribution in [3.8, 4) is 6.07 Å². The summed E-state index contributed by atoms with van der Waals surface area (Å²) in [6.07, 6.45) is 2.32. The van der Waals surface area contributed by atoms with Gasteiger partial charge in [-0.1, -0.05) is 6.92 Å². The summed E-state index contributed by atoms with van der Waals surface area (Å²) >= 11 is 0. The van der Waals surface area contributed by atoms with E-state index in [0.717, 1.165) is 6.42 Å². The van der Waals surface area contributed by atoms with Gasteiger partial charge >= 0.3 is 0 Å². The topological polar surface area (TPSA) is 116 Å². The molecular formula is C16H22N4O3S. The van der Waals surface area contributed by atoms with E-state index in [1.165, 1.54) is 12.1 Å². The molecule has 1 aliphatic heterocycles. The van der Waals surface area contributed by atoms with E-state index >= 15 is 0 Å². The van der Waals surface area contributed by atoms with Gasteiger partial charge in [-0.2, -0.15) is 5.26 Å². The molecule has 1 saturated heterocycles. The number of piperidine rings is 1. The maximum atomic E-state index is 12.0. The number of nitriles is 1. The molecule has 0 aromatic heterocycles. The van der Waals surface area contributed by atoms with Gasteiger partial charge in [-0.25, -0.2) is 13.6 Å². The van der Waals surface area contributed by atoms with Crippen molar-refractivity contribution in [2.45, 2.75) is 31.1 Å². The molecule has 1 heterocycles. The smallest absolute Gasteiger partial charge is 0.238 e. The Labute approximate surface area is 142 Å². The van der Waals surface area contributed by atoms with Crippen LogP contribution in [0.1, 0.15) is 31.7 Å². The summed E-state index contributed by atoms with van der Waals surface area (Å²) in [6.45, 7) is 3.99. The number of carbonyl (C=O) groups excluding carboxylic acids is 1. The van der Waals surface area contributed by atoms with Crippen LogP contribution in [0.4, 0.5) is 5.69 Å². The van der Waals surface area contributed by atoms with Crippen LogP contribution in [-0.4, -0.2) is 34.0 Å². The lowest BCUT2D eigenvalue weighted by Gasteiger charge is -2.33. The minimum absolute atomic E-state index is 0.0120. The highest BCUT2D eigenvalue weighted by Crippen LogP contribution is 2.28. The fourth-order valence-corrected chi connectivity index (χ4v) is 3.37. The van der Waals surface area contributed by atoms with Crippen molar-refractivity contribution in [1.82, 2.24) is 5.32 Å². The maximum Gasteiger partial charge on any atom is 0.238 e. The molecule has 0 unspecified atom stereocenters. The predicted octanol–water partition coefficient (Wildman–Crippen LogP) is 0.948. The number of nitrogens with one attached hydrogen (secondary N) is 1. The first-order valence-corrected chi connectivity index (χ1v) is 9.51. The second-order valence-electron chi connectivity index (χ2n) is 5.89. The number of nitrogens with zero attached hydrogens (tertiary/aromatic N) is 2. The maximum absolute atomic E-state index is 12.0. The van der Waals surface area contributed by atoms with Crippen molar-refractivity contribution in [2.24, 2.45) is 11.1 Å². The van der Waals surface area contributed by atoms with Crippen molar-refractivity contribution in [1.29, 1.82) is 5.26 Å². The standard InChI is InChI=1S/C16H22N4O3S/c1-2-7-19-16(21)12-5-8-20(9-6-12)15-4-3-14(24(18,22)23)10-13(15)11-17/h3-4,10,12H,2,5-9H2,1H3,(H,19,21)(H2,18,22,23). The number of carbonyl (C=O) groups is 1. The summed E-state index contributed by atoms with van der Waals surface area (Å²) in [5.41, 5.74) is 0.952. The zero-order valence-electron chi connectivity index (χ0n) is 13.7. The number of rotatable bonds is 5. The van der Waals surface area contributed by atoms with E-state index in [9.17, 15) is 18.5 Å². The minimum atomic E-state index is -3.83. The molecule has 1 aromatic rings. The Balaban J connectivity index is 2.09. The molecule has 2 rings (SSSR count). The molecule has 3 N–H and O–H groups in total. The summed E-state index contributed by atoms with van der Waals surface area (Å²) in [7, 11) is -3.83. The van der Waals surface area contributed by atoms with Crippen LogP contribution in [0.2, 0.25) is 0 Å². The first kappa shape index (κ1) is 18.2. The third-order valence-corrected chi connectivity index (χ3v) is 5.08. The number of amides is 1. The molecule has 8 heteroatoms. The minimum Gasteiger partial charge on any atom is -0.370 e. The average molecular weight is 350 g/mol. The summed E-state index contributed by atoms with van der Waals surface area (Å²) in [4.78, 5) is 14.0. The molecular weight excluding hydrogens is 328 g/mol. The monoisotopic (exact) mass is 350 g/mol. The van der Waals surface area contributed by atoms with Crippen molar-refractivity contribution < 1.29 is 13.2 Å². The van der Waals surface area contributed by atoms with E-state index in [2.05, 4.69) is 5.32 Å². The van der Waals surface area contributed by atoms with E-state index in [4.69, 9.17) is 5.14 Å². The molecule has 0 aliphatic carbocycles. The van der Waals surface area contributed by atoms with Crippen LogP contribution < -0.4 is 15.4 Å². The summed E-state index contributed by atoms with van der Waals surface area (Å²) in [6, 6.07) is 6.34. The van der Waals surface area contributed by atoms with Crippen LogP contribution in [0, 0.1) is 17.2 Å². The second-order valence-corrected chi connectivity index (χ2v) is 7.45. The number of benzene rings is 1. The number of anilines is 1. The molecule has 0 bridgehead atoms. The molecule has 0 saturated carbocycles. The third kappa shape index (κ3) is 4.24. The number of primary sulfonamides is 1. The number of nitrogens with two attached hydrogens (primary N) is 1. The Bertz CT molecular complexity index is 747. The highest BCUT2D eigenvalue weighted by Gasteiger charge is 2.26. The largest absolute Gasteiger partial charge is 0.370 e. The van der Waals surface area contributed by atoms with Gasteiger partial charge in [0, 0.05) is 25.6 Å². The van der Waals surface area contributed by atoms with Gasteiger partial charge < -0.3 is 10.2 Å². The van der Waals surface area contributed by atoms with Gasteiger partial charge in [0.1, 0.15) is 6.07 Å². The molecule has 1 fully saturated rings. The van der Waals surface area contributed by atoms with Crippen molar-refractivity contribution >= 4 is 21.6 Å². The van der Waals surface area contributed by atoms with Crippen LogP contribution in [0.3, 0.4) is 0 Å². The van der Waals surface area contributed by atoms with Gasteiger partial charge in [-0.05, 0) is 37.5 Å². The van der Waals surface area contributed by atoms with Gasteiger partial charge in [0.2, 0.25) is 15.9 Å². The highest BCUT2D eigenvalue weighted by atomic mass is 32.2. The van der Waals surface area contributed by atoms with E-state index in [1.807, 2.05) is 17.9 Å². The van der Waals surface area contributed by atoms with Crippen molar-refractivity contribution in [2.75, 3.05) is 24.5 Å². The average Bonchev–Trinajstić information content (AvgIpc) is 2.58. The molecule has 1 aliphatic rings. The number of hydrogen-bond donors (Lipinski definition) is 2. The lowest BCUT2D eigenvalue weighted by atomic mass is 9.95. The van der Waals surface area contributed by atoms with Crippen LogP contribution in [0.25, 0.3) is 0 Å². The fourth-order valence-electron chi connectivity index (χ4n) is 2.83. The molecule has 7 nitrogen and oxygen atoms in total. The van der Waals surface area contributed by atoms with Gasteiger partial charge in [-0.3, -0.25) is 4.79 Å². The quantitative estimate of drug-likeness (QED) is 0.820. The Morgan fingerprint density at radius 2 is 2.08 bits per heavy atom. The summed E-state index contributed by atoms with van der Waals surface area (Å²) < 4.78 is 22.8. The van der Waals surface area contributed by atoms with Crippen molar-refractivity contribution in [3.63, 3.8) is 0 Å². The zero-order chi connectivity index (χ0) is 17.7. The SMILES string of the molecule is CCCNC(=O)C1CCN(c2ccc(S(N)(=O)=O)cc2C#N)CC1. The van der Waals surface area contributed by atoms with Gasteiger partial charge in [0.05, 0.1) is 16.1 Å². The molecule has 0 spiro atoms. The lowest BCUT2D eigenvalue weighted by Crippen LogP contribution is -2.41. The van der Waals surface area contributed by atoms with Crippen LogP contribution in [0.5, 0.6) is 0 Å². The fraction of sp³-hybridized carbons (Fsp3) is 0.500. The van der Waals surface area contributed by atoms with Gasteiger partial charge in [0.15, 0.2) is 0 Å². The van der Waals surface area contributed by atoms with Gasteiger partial charge in [-0.15, -0.1) is 0 Å². The molecule has 0 radical (unpaired) electrons. The van der Waals surface area contributed by atoms with E-state index in [-0.39, 0.29) is 22.3 Å². The Hall–Kier alpha value is -2.11. The first-order valence-electron chi connectivity index (χ1n) is 7.96. The van der Waals surface area contributed by atoms with Crippen molar-refractivity contribution in [3.05, 3.63) is 23.8 Å². The first-order chi connectivity index (χ1) is 11.4. The van der Waals surface area contributed by atoms with E-state index in [0.29, 0.717) is 38.2 Å². The lowest BCUT2D eigenvalue weighted by molar-refractivity contribution is -0.125. The van der Waals surface area contributed by atoms with Crippen LogP contribution in [-0.2, 0) is 14.8 Å². The molecule has 130 valence electrons. The highest BCUT2D eigenvalue weighted by molar-refractivity contribution is 7.89. The van der Waals surface area contributed by atoms with E-state index in [1.54, 1.807) is 6.07 Å². The van der Waals surface area contributed by atoms with Crippen LogP contribution >= 0.6 is 0 Å². The molecule has 24 heavy (non-hydrogen) atoms. The van der Waals surface area contributed by atoms with Gasteiger partial charge in [0.25, 0.3) is 0 Å². The third-order valence-electron chi connectivity index (χ3n) is 4.17. The number of hydrogen-bond acceptors (Lipinski definition) is 5. The molecule has 0 atom stereocenters. The zero-order valence-corrected chi connectivity index (χ0v) is 14.5. The normalized spacial score (nSPS) is 15.8. The second kappa shape index (κ2) is 7.64. The predicted molar refractivity (Wildman–Crippen MR) is 90.8 cm³/mol.